The van der Waals surface area contributed by atoms with Crippen LogP contribution in [-0.2, 0) is 22.6 Å². The largest absolute Gasteiger partial charge is 0.393 e. The second-order valence-corrected chi connectivity index (χ2v) is 6.14. The number of aliphatic hydroxyl groups excluding tert-OH is 1. The molecule has 1 heterocycles. The van der Waals surface area contributed by atoms with Crippen molar-refractivity contribution in [2.75, 3.05) is 19.7 Å². The molecule has 1 aromatic rings. The van der Waals surface area contributed by atoms with Gasteiger partial charge in [-0.25, -0.2) is 0 Å². The molecular weight excluding hydrogens is 292 g/mol. The van der Waals surface area contributed by atoms with Gasteiger partial charge in [-0.15, -0.1) is 0 Å². The minimum atomic E-state index is -0.409. The molecule has 1 aliphatic heterocycles. The molecule has 0 spiro atoms. The van der Waals surface area contributed by atoms with E-state index >= 15 is 0 Å². The molecule has 0 radical (unpaired) electrons. The number of hydrogen-bond donors (Lipinski definition) is 2. The maximum atomic E-state index is 11.8. The zero-order chi connectivity index (χ0) is 16.7. The standard InChI is InChI=1S/C18H28N2O3/c1-3-23-14(2)18(22)19-12-15-4-6-16(7-5-15)13-20-10-8-17(21)9-11-20/h4-7,14,17,21H,3,8-13H2,1-2H3,(H,19,22)/t14-/m1/s1. The van der Waals surface area contributed by atoms with E-state index in [4.69, 9.17) is 4.74 Å². The molecule has 1 amide bonds. The number of hydrogen-bond acceptors (Lipinski definition) is 4. The Balaban J connectivity index is 1.77. The first-order chi connectivity index (χ1) is 11.1. The van der Waals surface area contributed by atoms with Crippen LogP contribution in [0.25, 0.3) is 0 Å². The summed E-state index contributed by atoms with van der Waals surface area (Å²) < 4.78 is 5.27. The van der Waals surface area contributed by atoms with Gasteiger partial charge in [-0.2, -0.15) is 0 Å². The average molecular weight is 320 g/mol. The molecule has 1 aromatic carbocycles. The lowest BCUT2D eigenvalue weighted by atomic mass is 10.1. The van der Waals surface area contributed by atoms with Crippen molar-refractivity contribution in [3.63, 3.8) is 0 Å². The average Bonchev–Trinajstić information content (AvgIpc) is 2.56. The van der Waals surface area contributed by atoms with E-state index in [1.54, 1.807) is 6.92 Å². The number of nitrogens with zero attached hydrogens (tertiary/aromatic N) is 1. The van der Waals surface area contributed by atoms with Crippen molar-refractivity contribution in [1.82, 2.24) is 10.2 Å². The Bertz CT molecular complexity index is 482. The summed E-state index contributed by atoms with van der Waals surface area (Å²) in [5, 5.41) is 12.4. The molecule has 5 heteroatoms. The van der Waals surface area contributed by atoms with Crippen LogP contribution in [0.4, 0.5) is 0 Å². The SMILES string of the molecule is CCO[C@H](C)C(=O)NCc1ccc(CN2CCC(O)CC2)cc1. The Morgan fingerprint density at radius 1 is 1.30 bits per heavy atom. The molecule has 2 rings (SSSR count). The first kappa shape index (κ1) is 17.9. The summed E-state index contributed by atoms with van der Waals surface area (Å²) >= 11 is 0. The number of rotatable bonds is 7. The van der Waals surface area contributed by atoms with E-state index < -0.39 is 6.10 Å². The number of carbonyl (C=O) groups is 1. The Labute approximate surface area is 138 Å². The molecule has 0 aromatic heterocycles. The number of nitrogens with one attached hydrogen (secondary N) is 1. The third kappa shape index (κ3) is 5.94. The van der Waals surface area contributed by atoms with Gasteiger partial charge in [-0.05, 0) is 37.8 Å². The Kier molecular flexibility index (Phi) is 7.02. The third-order valence-electron chi connectivity index (χ3n) is 4.24. The van der Waals surface area contributed by atoms with Crippen LogP contribution in [-0.4, -0.2) is 47.8 Å². The van der Waals surface area contributed by atoms with Crippen molar-refractivity contribution in [2.45, 2.75) is 52.0 Å². The number of carbonyl (C=O) groups excluding carboxylic acids is 1. The summed E-state index contributed by atoms with van der Waals surface area (Å²) in [7, 11) is 0. The van der Waals surface area contributed by atoms with E-state index in [0.29, 0.717) is 13.2 Å². The predicted molar refractivity (Wildman–Crippen MR) is 89.9 cm³/mol. The topological polar surface area (TPSA) is 61.8 Å². The number of likely N-dealkylation sites (tertiary alicyclic amines) is 1. The lowest BCUT2D eigenvalue weighted by Gasteiger charge is -2.29. The van der Waals surface area contributed by atoms with Gasteiger partial charge >= 0.3 is 0 Å². The molecule has 128 valence electrons. The van der Waals surface area contributed by atoms with E-state index in [9.17, 15) is 9.90 Å². The maximum Gasteiger partial charge on any atom is 0.249 e. The van der Waals surface area contributed by atoms with Gasteiger partial charge in [0.15, 0.2) is 0 Å². The quantitative estimate of drug-likeness (QED) is 0.802. The summed E-state index contributed by atoms with van der Waals surface area (Å²) in [4.78, 5) is 14.2. The molecular formula is C18H28N2O3. The van der Waals surface area contributed by atoms with Gasteiger partial charge in [-0.1, -0.05) is 24.3 Å². The number of aliphatic hydroxyl groups is 1. The van der Waals surface area contributed by atoms with Crippen LogP contribution in [0.5, 0.6) is 0 Å². The fraction of sp³-hybridized carbons (Fsp3) is 0.611. The highest BCUT2D eigenvalue weighted by atomic mass is 16.5. The molecule has 1 aliphatic rings. The third-order valence-corrected chi connectivity index (χ3v) is 4.24. The summed E-state index contributed by atoms with van der Waals surface area (Å²) in [6.45, 7) is 7.52. The molecule has 5 nitrogen and oxygen atoms in total. The van der Waals surface area contributed by atoms with Crippen molar-refractivity contribution in [3.8, 4) is 0 Å². The zero-order valence-corrected chi connectivity index (χ0v) is 14.1. The molecule has 23 heavy (non-hydrogen) atoms. The van der Waals surface area contributed by atoms with E-state index in [0.717, 1.165) is 38.0 Å². The van der Waals surface area contributed by atoms with Crippen LogP contribution in [0.3, 0.4) is 0 Å². The van der Waals surface area contributed by atoms with Gasteiger partial charge in [0.05, 0.1) is 6.10 Å². The fourth-order valence-corrected chi connectivity index (χ4v) is 2.76. The van der Waals surface area contributed by atoms with E-state index in [-0.39, 0.29) is 12.0 Å². The van der Waals surface area contributed by atoms with Gasteiger partial charge < -0.3 is 15.2 Å². The van der Waals surface area contributed by atoms with Gasteiger partial charge in [-0.3, -0.25) is 9.69 Å². The van der Waals surface area contributed by atoms with Crippen LogP contribution in [0.2, 0.25) is 0 Å². The molecule has 1 saturated heterocycles. The molecule has 0 unspecified atom stereocenters. The van der Waals surface area contributed by atoms with Crippen LogP contribution in [0, 0.1) is 0 Å². The predicted octanol–water partition coefficient (Wildman–Crippen LogP) is 1.68. The van der Waals surface area contributed by atoms with E-state index in [1.165, 1.54) is 5.56 Å². The molecule has 0 bridgehead atoms. The highest BCUT2D eigenvalue weighted by molar-refractivity contribution is 5.80. The summed E-state index contributed by atoms with van der Waals surface area (Å²) in [6, 6.07) is 8.33. The zero-order valence-electron chi connectivity index (χ0n) is 14.1. The summed E-state index contributed by atoms with van der Waals surface area (Å²) in [6.07, 6.45) is 1.19. The number of piperidine rings is 1. The fourth-order valence-electron chi connectivity index (χ4n) is 2.76. The van der Waals surface area contributed by atoms with Crippen molar-refractivity contribution < 1.29 is 14.6 Å². The summed E-state index contributed by atoms with van der Waals surface area (Å²) in [5.74, 6) is -0.0807. The van der Waals surface area contributed by atoms with E-state index in [1.807, 2.05) is 6.92 Å². The smallest absolute Gasteiger partial charge is 0.249 e. The lowest BCUT2D eigenvalue weighted by molar-refractivity contribution is -0.131. The van der Waals surface area contributed by atoms with Gasteiger partial charge in [0.2, 0.25) is 5.91 Å². The normalized spacial score (nSPS) is 17.9. The van der Waals surface area contributed by atoms with Crippen LogP contribution in [0.15, 0.2) is 24.3 Å². The minimum absolute atomic E-state index is 0.0807. The Morgan fingerprint density at radius 3 is 2.52 bits per heavy atom. The van der Waals surface area contributed by atoms with Gasteiger partial charge in [0.25, 0.3) is 0 Å². The molecule has 0 saturated carbocycles. The first-order valence-electron chi connectivity index (χ1n) is 8.46. The molecule has 2 N–H and O–H groups in total. The second-order valence-electron chi connectivity index (χ2n) is 6.14. The van der Waals surface area contributed by atoms with Crippen molar-refractivity contribution in [1.29, 1.82) is 0 Å². The van der Waals surface area contributed by atoms with Crippen LogP contribution >= 0.6 is 0 Å². The maximum absolute atomic E-state index is 11.8. The van der Waals surface area contributed by atoms with Gasteiger partial charge in [0, 0.05) is 32.8 Å². The van der Waals surface area contributed by atoms with Crippen molar-refractivity contribution in [2.24, 2.45) is 0 Å². The number of amides is 1. The van der Waals surface area contributed by atoms with Crippen LogP contribution < -0.4 is 5.32 Å². The first-order valence-corrected chi connectivity index (χ1v) is 8.46. The molecule has 0 aliphatic carbocycles. The van der Waals surface area contributed by atoms with Crippen molar-refractivity contribution >= 4 is 5.91 Å². The highest BCUT2D eigenvalue weighted by Gasteiger charge is 2.16. The molecule has 1 fully saturated rings. The van der Waals surface area contributed by atoms with Gasteiger partial charge in [0.1, 0.15) is 6.10 Å². The molecule has 1 atom stereocenters. The Hall–Kier alpha value is -1.43. The Morgan fingerprint density at radius 2 is 1.91 bits per heavy atom. The monoisotopic (exact) mass is 320 g/mol. The summed E-state index contributed by atoms with van der Waals surface area (Å²) in [5.41, 5.74) is 2.35. The highest BCUT2D eigenvalue weighted by Crippen LogP contribution is 2.14. The lowest BCUT2D eigenvalue weighted by Crippen LogP contribution is -2.35. The minimum Gasteiger partial charge on any atom is -0.393 e. The second kappa shape index (κ2) is 9.01. The van der Waals surface area contributed by atoms with E-state index in [2.05, 4.69) is 34.5 Å². The van der Waals surface area contributed by atoms with Crippen LogP contribution in [0.1, 0.15) is 37.8 Å². The number of benzene rings is 1. The number of ether oxygens (including phenoxy) is 1. The van der Waals surface area contributed by atoms with Crippen molar-refractivity contribution in [3.05, 3.63) is 35.4 Å².